The molecular formula is C52H30N2OS2. The lowest BCUT2D eigenvalue weighted by atomic mass is 9.93. The Morgan fingerprint density at radius 1 is 0.298 bits per heavy atom. The first kappa shape index (κ1) is 32.3. The van der Waals surface area contributed by atoms with E-state index in [0.29, 0.717) is 5.82 Å². The number of thiophene rings is 2. The molecule has 5 heteroatoms. The minimum Gasteiger partial charge on any atom is -0.456 e. The normalized spacial score (nSPS) is 11.9. The Morgan fingerprint density at radius 3 is 1.46 bits per heavy atom. The molecule has 0 aliphatic heterocycles. The van der Waals surface area contributed by atoms with E-state index in [9.17, 15) is 0 Å². The van der Waals surface area contributed by atoms with Crippen molar-refractivity contribution in [1.29, 1.82) is 0 Å². The molecule has 0 N–H and O–H groups in total. The zero-order valence-corrected chi connectivity index (χ0v) is 32.1. The SMILES string of the molecule is c1ccc(-c2nc(-c3cc(-c4ccc5sc6ccccc6c5c4)cc(-c4ccc5sc6ccccc6c5c4)c3)cc(-c3ccc4oc5ccccc5c4c3)n2)cc1. The van der Waals surface area contributed by atoms with Gasteiger partial charge < -0.3 is 4.42 Å². The van der Waals surface area contributed by atoms with Crippen molar-refractivity contribution in [2.45, 2.75) is 0 Å². The van der Waals surface area contributed by atoms with Crippen molar-refractivity contribution in [2.75, 3.05) is 0 Å². The highest BCUT2D eigenvalue weighted by molar-refractivity contribution is 7.26. The molecule has 0 aliphatic carbocycles. The molecule has 0 fully saturated rings. The monoisotopic (exact) mass is 762 g/mol. The van der Waals surface area contributed by atoms with Crippen LogP contribution in [0.4, 0.5) is 0 Å². The van der Waals surface area contributed by atoms with Crippen LogP contribution in [0.3, 0.4) is 0 Å². The summed E-state index contributed by atoms with van der Waals surface area (Å²) >= 11 is 3.69. The summed E-state index contributed by atoms with van der Waals surface area (Å²) in [6.45, 7) is 0. The zero-order chi connectivity index (χ0) is 37.5. The molecule has 0 atom stereocenters. The molecule has 0 unspecified atom stereocenters. The molecule has 4 aromatic heterocycles. The van der Waals surface area contributed by atoms with Gasteiger partial charge in [0.25, 0.3) is 0 Å². The predicted octanol–water partition coefficient (Wildman–Crippen LogP) is 15.4. The molecule has 4 heterocycles. The van der Waals surface area contributed by atoms with Gasteiger partial charge in [0, 0.05) is 67.8 Å². The highest BCUT2D eigenvalue weighted by atomic mass is 32.1. The summed E-state index contributed by atoms with van der Waals surface area (Å²) < 4.78 is 11.4. The third-order valence-electron chi connectivity index (χ3n) is 11.1. The molecular weight excluding hydrogens is 733 g/mol. The Kier molecular flexibility index (Phi) is 7.27. The Hall–Kier alpha value is -6.92. The van der Waals surface area contributed by atoms with Gasteiger partial charge >= 0.3 is 0 Å². The van der Waals surface area contributed by atoms with Gasteiger partial charge in [-0.15, -0.1) is 22.7 Å². The second-order valence-electron chi connectivity index (χ2n) is 14.6. The van der Waals surface area contributed by atoms with Crippen LogP contribution >= 0.6 is 22.7 Å². The van der Waals surface area contributed by atoms with Crippen molar-refractivity contribution >= 4 is 85.0 Å². The first-order valence-corrected chi connectivity index (χ1v) is 20.7. The molecule has 0 radical (unpaired) electrons. The van der Waals surface area contributed by atoms with Crippen LogP contribution in [0.5, 0.6) is 0 Å². The lowest BCUT2D eigenvalue weighted by Crippen LogP contribution is -1.96. The lowest BCUT2D eigenvalue weighted by molar-refractivity contribution is 0.669. The van der Waals surface area contributed by atoms with E-state index >= 15 is 0 Å². The number of rotatable bonds is 5. The summed E-state index contributed by atoms with van der Waals surface area (Å²) in [5.41, 5.74) is 11.1. The number of aromatic nitrogens is 2. The van der Waals surface area contributed by atoms with Crippen molar-refractivity contribution in [3.63, 3.8) is 0 Å². The molecule has 0 amide bonds. The number of para-hydroxylation sites is 1. The van der Waals surface area contributed by atoms with E-state index in [-0.39, 0.29) is 0 Å². The number of fused-ring (bicyclic) bond motifs is 9. The molecule has 12 rings (SSSR count). The van der Waals surface area contributed by atoms with Crippen LogP contribution in [0.1, 0.15) is 0 Å². The van der Waals surface area contributed by atoms with Crippen molar-refractivity contribution in [2.24, 2.45) is 0 Å². The largest absolute Gasteiger partial charge is 0.456 e. The Bertz CT molecular complexity index is 3410. The van der Waals surface area contributed by atoms with Gasteiger partial charge in [-0.1, -0.05) is 97.1 Å². The number of hydrogen-bond donors (Lipinski definition) is 0. The molecule has 0 spiro atoms. The molecule has 8 aromatic carbocycles. The van der Waals surface area contributed by atoms with Crippen LogP contribution < -0.4 is 0 Å². The average Bonchev–Trinajstić information content (AvgIpc) is 3.97. The molecule has 0 saturated carbocycles. The third kappa shape index (κ3) is 5.47. The van der Waals surface area contributed by atoms with Gasteiger partial charge in [0.15, 0.2) is 5.82 Å². The topological polar surface area (TPSA) is 38.9 Å². The van der Waals surface area contributed by atoms with Gasteiger partial charge in [-0.05, 0) is 107 Å². The van der Waals surface area contributed by atoms with Crippen LogP contribution in [-0.2, 0) is 0 Å². The highest BCUT2D eigenvalue weighted by Gasteiger charge is 2.17. The minimum absolute atomic E-state index is 0.685. The smallest absolute Gasteiger partial charge is 0.160 e. The number of furan rings is 1. The number of hydrogen-bond acceptors (Lipinski definition) is 5. The molecule has 0 saturated heterocycles. The molecule has 0 aliphatic rings. The van der Waals surface area contributed by atoms with E-state index in [0.717, 1.165) is 61.1 Å². The second-order valence-corrected chi connectivity index (χ2v) is 16.7. The van der Waals surface area contributed by atoms with Crippen molar-refractivity contribution in [3.05, 3.63) is 182 Å². The van der Waals surface area contributed by atoms with Crippen LogP contribution in [0.25, 0.3) is 118 Å². The number of nitrogens with zero attached hydrogens (tertiary/aromatic N) is 2. The standard InChI is InChI=1S/C52H30N2OS2/c1-2-10-31(11-3-1)52-53-44(34-18-21-47-41(29-34)38-12-4-7-15-46(38)55-47)30-45(54-52)37-25-35(32-19-22-50-42(27-32)39-13-5-8-16-48(39)56-50)24-36(26-37)33-20-23-51-43(28-33)40-14-6-9-17-49(40)57-51/h1-30H. The fraction of sp³-hybridized carbons (Fsp3) is 0. The van der Waals surface area contributed by atoms with Crippen LogP contribution in [0, 0.1) is 0 Å². The van der Waals surface area contributed by atoms with E-state index in [1.54, 1.807) is 0 Å². The van der Waals surface area contributed by atoms with Gasteiger partial charge in [-0.25, -0.2) is 9.97 Å². The van der Waals surface area contributed by atoms with Gasteiger partial charge in [-0.2, -0.15) is 0 Å². The van der Waals surface area contributed by atoms with E-state index in [1.807, 2.05) is 53.0 Å². The van der Waals surface area contributed by atoms with Crippen LogP contribution in [0.2, 0.25) is 0 Å². The van der Waals surface area contributed by atoms with Crippen LogP contribution in [0.15, 0.2) is 186 Å². The van der Waals surface area contributed by atoms with Gasteiger partial charge in [-0.3, -0.25) is 0 Å². The quantitative estimate of drug-likeness (QED) is 0.175. The summed E-state index contributed by atoms with van der Waals surface area (Å²) in [6.07, 6.45) is 0. The zero-order valence-electron chi connectivity index (χ0n) is 30.4. The Morgan fingerprint density at radius 2 is 0.789 bits per heavy atom. The molecule has 266 valence electrons. The lowest BCUT2D eigenvalue weighted by Gasteiger charge is -2.14. The van der Waals surface area contributed by atoms with Crippen molar-refractivity contribution in [3.8, 4) is 56.2 Å². The molecule has 3 nitrogen and oxygen atoms in total. The Balaban J connectivity index is 1.09. The third-order valence-corrected chi connectivity index (χ3v) is 13.4. The first-order valence-electron chi connectivity index (χ1n) is 19.0. The van der Waals surface area contributed by atoms with Crippen LogP contribution in [-0.4, -0.2) is 9.97 Å². The van der Waals surface area contributed by atoms with Crippen molar-refractivity contribution < 1.29 is 4.42 Å². The summed E-state index contributed by atoms with van der Waals surface area (Å²) in [4.78, 5) is 10.5. The fourth-order valence-electron chi connectivity index (χ4n) is 8.26. The summed E-state index contributed by atoms with van der Waals surface area (Å²) in [5, 5.41) is 7.31. The summed E-state index contributed by atoms with van der Waals surface area (Å²) in [6, 6.07) is 65.1. The van der Waals surface area contributed by atoms with E-state index in [1.165, 1.54) is 51.5 Å². The summed E-state index contributed by atoms with van der Waals surface area (Å²) in [7, 11) is 0. The van der Waals surface area contributed by atoms with Crippen molar-refractivity contribution in [1.82, 2.24) is 9.97 Å². The maximum atomic E-state index is 6.20. The van der Waals surface area contributed by atoms with Gasteiger partial charge in [0.1, 0.15) is 11.2 Å². The molecule has 57 heavy (non-hydrogen) atoms. The van der Waals surface area contributed by atoms with Gasteiger partial charge in [0.2, 0.25) is 0 Å². The first-order chi connectivity index (χ1) is 28.2. The minimum atomic E-state index is 0.685. The second kappa shape index (κ2) is 12.8. The molecule has 12 aromatic rings. The summed E-state index contributed by atoms with van der Waals surface area (Å²) in [5.74, 6) is 0.685. The molecule has 0 bridgehead atoms. The van der Waals surface area contributed by atoms with Gasteiger partial charge in [0.05, 0.1) is 11.4 Å². The Labute approximate surface area is 335 Å². The predicted molar refractivity (Wildman–Crippen MR) is 242 cm³/mol. The highest BCUT2D eigenvalue weighted by Crippen LogP contribution is 2.41. The average molecular weight is 763 g/mol. The fourth-order valence-corrected chi connectivity index (χ4v) is 10.4. The van der Waals surface area contributed by atoms with E-state index in [4.69, 9.17) is 14.4 Å². The van der Waals surface area contributed by atoms with E-state index < -0.39 is 0 Å². The maximum Gasteiger partial charge on any atom is 0.160 e. The number of benzene rings is 8. The maximum absolute atomic E-state index is 6.20. The van der Waals surface area contributed by atoms with E-state index in [2.05, 4.69) is 152 Å².